The van der Waals surface area contributed by atoms with Crippen LogP contribution in [0.15, 0.2) is 30.3 Å². The van der Waals surface area contributed by atoms with Crippen LogP contribution < -0.4 is 15.4 Å². The summed E-state index contributed by atoms with van der Waals surface area (Å²) in [5.74, 6) is 1.01. The van der Waals surface area contributed by atoms with E-state index in [0.717, 1.165) is 6.42 Å². The zero-order valence-corrected chi connectivity index (χ0v) is 13.0. The van der Waals surface area contributed by atoms with Gasteiger partial charge in [0.2, 0.25) is 5.91 Å². The summed E-state index contributed by atoms with van der Waals surface area (Å²) in [6.07, 6.45) is 4.39. The van der Waals surface area contributed by atoms with E-state index in [1.165, 1.54) is 19.3 Å². The van der Waals surface area contributed by atoms with Gasteiger partial charge in [-0.2, -0.15) is 0 Å². The Morgan fingerprint density at radius 1 is 1.18 bits per heavy atom. The molecule has 1 aromatic rings. The van der Waals surface area contributed by atoms with Gasteiger partial charge in [0, 0.05) is 19.0 Å². The molecule has 0 unspecified atom stereocenters. The second kappa shape index (κ2) is 8.41. The van der Waals surface area contributed by atoms with E-state index in [0.29, 0.717) is 11.7 Å². The molecule has 2 rings (SSSR count). The van der Waals surface area contributed by atoms with Crippen molar-refractivity contribution in [3.63, 3.8) is 0 Å². The molecule has 0 spiro atoms. The molecule has 2 atom stereocenters. The molecule has 1 saturated carbocycles. The van der Waals surface area contributed by atoms with Crippen LogP contribution in [0.25, 0.3) is 0 Å². The summed E-state index contributed by atoms with van der Waals surface area (Å²) in [6, 6.07) is 9.12. The molecular weight excluding hydrogens is 280 g/mol. The van der Waals surface area contributed by atoms with Crippen molar-refractivity contribution in [3.8, 4) is 5.75 Å². The fraction of sp³-hybridized carbons (Fsp3) is 0.529. The zero-order chi connectivity index (χ0) is 15.8. The molecule has 5 heteroatoms. The zero-order valence-electron chi connectivity index (χ0n) is 13.0. The first kappa shape index (κ1) is 16.3. The monoisotopic (exact) mass is 304 g/mol. The van der Waals surface area contributed by atoms with Gasteiger partial charge >= 0.3 is 6.09 Å². The van der Waals surface area contributed by atoms with Crippen LogP contribution in [0, 0.1) is 5.92 Å². The van der Waals surface area contributed by atoms with Gasteiger partial charge in [0.25, 0.3) is 0 Å². The SMILES string of the molecule is C[C@@H]1CCCC[C@@H]1NC(=O)CCNC(=O)Oc1ccccc1. The van der Waals surface area contributed by atoms with Crippen molar-refractivity contribution in [2.75, 3.05) is 6.54 Å². The fourth-order valence-electron chi connectivity index (χ4n) is 2.72. The van der Waals surface area contributed by atoms with Gasteiger partial charge in [-0.1, -0.05) is 38.0 Å². The van der Waals surface area contributed by atoms with Crippen molar-refractivity contribution in [2.45, 2.75) is 45.1 Å². The number of benzene rings is 1. The first-order chi connectivity index (χ1) is 10.6. The second-order valence-electron chi connectivity index (χ2n) is 5.82. The maximum absolute atomic E-state index is 11.9. The summed E-state index contributed by atoms with van der Waals surface area (Å²) < 4.78 is 5.08. The maximum atomic E-state index is 11.9. The molecule has 0 aliphatic heterocycles. The molecule has 1 aliphatic carbocycles. The fourth-order valence-corrected chi connectivity index (χ4v) is 2.72. The van der Waals surface area contributed by atoms with E-state index in [1.54, 1.807) is 24.3 Å². The molecule has 0 saturated heterocycles. The van der Waals surface area contributed by atoms with Crippen LogP contribution in [-0.4, -0.2) is 24.6 Å². The highest BCUT2D eigenvalue weighted by Gasteiger charge is 2.22. The molecule has 2 amide bonds. The normalized spacial score (nSPS) is 21.0. The number of carbonyl (C=O) groups is 2. The van der Waals surface area contributed by atoms with Gasteiger partial charge in [-0.15, -0.1) is 0 Å². The lowest BCUT2D eigenvalue weighted by atomic mass is 9.86. The molecule has 1 fully saturated rings. The summed E-state index contributed by atoms with van der Waals surface area (Å²) in [6.45, 7) is 2.46. The lowest BCUT2D eigenvalue weighted by Gasteiger charge is -2.29. The van der Waals surface area contributed by atoms with E-state index >= 15 is 0 Å². The largest absolute Gasteiger partial charge is 0.412 e. The predicted molar refractivity (Wildman–Crippen MR) is 84.6 cm³/mol. The average Bonchev–Trinajstić information content (AvgIpc) is 2.50. The quantitative estimate of drug-likeness (QED) is 0.879. The van der Waals surface area contributed by atoms with Crippen molar-refractivity contribution in [1.29, 1.82) is 0 Å². The number of hydrogen-bond donors (Lipinski definition) is 2. The Morgan fingerprint density at radius 3 is 2.64 bits per heavy atom. The molecule has 0 bridgehead atoms. The van der Waals surface area contributed by atoms with Gasteiger partial charge in [-0.3, -0.25) is 4.79 Å². The van der Waals surface area contributed by atoms with Gasteiger partial charge in [-0.05, 0) is 30.9 Å². The number of amides is 2. The summed E-state index contributed by atoms with van der Waals surface area (Å²) in [7, 11) is 0. The Labute approximate surface area is 131 Å². The molecular formula is C17H24N2O3. The van der Waals surface area contributed by atoms with Crippen molar-refractivity contribution < 1.29 is 14.3 Å². The van der Waals surface area contributed by atoms with Crippen molar-refractivity contribution in [2.24, 2.45) is 5.92 Å². The van der Waals surface area contributed by atoms with E-state index in [4.69, 9.17) is 4.74 Å². The van der Waals surface area contributed by atoms with Gasteiger partial charge in [0.05, 0.1) is 0 Å². The number of nitrogens with one attached hydrogen (secondary N) is 2. The lowest BCUT2D eigenvalue weighted by molar-refractivity contribution is -0.122. The minimum absolute atomic E-state index is 0.0150. The minimum atomic E-state index is -0.537. The number of ether oxygens (including phenoxy) is 1. The van der Waals surface area contributed by atoms with Crippen LogP contribution >= 0.6 is 0 Å². The van der Waals surface area contributed by atoms with Crippen LogP contribution in [0.1, 0.15) is 39.0 Å². The molecule has 1 aromatic carbocycles. The minimum Gasteiger partial charge on any atom is -0.410 e. The first-order valence-electron chi connectivity index (χ1n) is 7.95. The number of rotatable bonds is 5. The highest BCUT2D eigenvalue weighted by molar-refractivity contribution is 5.77. The predicted octanol–water partition coefficient (Wildman–Crippen LogP) is 2.86. The molecule has 1 aliphatic rings. The summed E-state index contributed by atoms with van der Waals surface area (Å²) in [4.78, 5) is 23.5. The van der Waals surface area contributed by atoms with Crippen LogP contribution in [0.3, 0.4) is 0 Å². The van der Waals surface area contributed by atoms with Crippen molar-refractivity contribution >= 4 is 12.0 Å². The molecule has 22 heavy (non-hydrogen) atoms. The van der Waals surface area contributed by atoms with E-state index < -0.39 is 6.09 Å². The van der Waals surface area contributed by atoms with Gasteiger partial charge in [0.15, 0.2) is 0 Å². The third-order valence-electron chi connectivity index (χ3n) is 4.03. The lowest BCUT2D eigenvalue weighted by Crippen LogP contribution is -2.42. The summed E-state index contributed by atoms with van der Waals surface area (Å²) in [5, 5.41) is 5.65. The number of para-hydroxylation sites is 1. The van der Waals surface area contributed by atoms with E-state index in [1.807, 2.05) is 6.07 Å². The van der Waals surface area contributed by atoms with Crippen LogP contribution in [-0.2, 0) is 4.79 Å². The van der Waals surface area contributed by atoms with E-state index in [9.17, 15) is 9.59 Å². The molecule has 0 heterocycles. The van der Waals surface area contributed by atoms with Crippen molar-refractivity contribution in [3.05, 3.63) is 30.3 Å². The Hall–Kier alpha value is -2.04. The third-order valence-corrected chi connectivity index (χ3v) is 4.03. The second-order valence-corrected chi connectivity index (χ2v) is 5.82. The molecule has 5 nitrogen and oxygen atoms in total. The Balaban J connectivity index is 1.63. The van der Waals surface area contributed by atoms with Crippen LogP contribution in [0.2, 0.25) is 0 Å². The average molecular weight is 304 g/mol. The molecule has 0 radical (unpaired) electrons. The smallest absolute Gasteiger partial charge is 0.410 e. The molecule has 120 valence electrons. The topological polar surface area (TPSA) is 67.4 Å². The molecule has 2 N–H and O–H groups in total. The van der Waals surface area contributed by atoms with Gasteiger partial charge in [-0.25, -0.2) is 4.79 Å². The van der Waals surface area contributed by atoms with Crippen LogP contribution in [0.4, 0.5) is 4.79 Å². The Bertz CT molecular complexity index is 490. The van der Waals surface area contributed by atoms with Gasteiger partial charge in [0.1, 0.15) is 5.75 Å². The summed E-state index contributed by atoms with van der Waals surface area (Å²) >= 11 is 0. The Kier molecular flexibility index (Phi) is 6.25. The maximum Gasteiger partial charge on any atom is 0.412 e. The third kappa shape index (κ3) is 5.39. The summed E-state index contributed by atoms with van der Waals surface area (Å²) in [5.41, 5.74) is 0. The standard InChI is InChI=1S/C17H24N2O3/c1-13-7-5-6-10-15(13)19-16(20)11-12-18-17(21)22-14-8-3-2-4-9-14/h2-4,8-9,13,15H,5-7,10-12H2,1H3,(H,18,21)(H,19,20)/t13-,15+/m1/s1. The van der Waals surface area contributed by atoms with Gasteiger partial charge < -0.3 is 15.4 Å². The highest BCUT2D eigenvalue weighted by atomic mass is 16.6. The highest BCUT2D eigenvalue weighted by Crippen LogP contribution is 2.23. The van der Waals surface area contributed by atoms with Crippen molar-refractivity contribution in [1.82, 2.24) is 10.6 Å². The van der Waals surface area contributed by atoms with E-state index in [-0.39, 0.29) is 24.9 Å². The number of hydrogen-bond acceptors (Lipinski definition) is 3. The van der Waals surface area contributed by atoms with E-state index in [2.05, 4.69) is 17.6 Å². The van der Waals surface area contributed by atoms with Crippen LogP contribution in [0.5, 0.6) is 5.75 Å². The number of carbonyl (C=O) groups excluding carboxylic acids is 2. The molecule has 0 aromatic heterocycles. The first-order valence-corrected chi connectivity index (χ1v) is 7.95. The Morgan fingerprint density at radius 2 is 1.91 bits per heavy atom.